The minimum Gasteiger partial charge on any atom is -0.307 e. The molecule has 0 aliphatic heterocycles. The highest BCUT2D eigenvalue weighted by Gasteiger charge is 2.27. The smallest absolute Gasteiger partial charge is 0.269 e. The lowest BCUT2D eigenvalue weighted by Gasteiger charge is -2.36. The summed E-state index contributed by atoms with van der Waals surface area (Å²) >= 11 is 0. The average molecular weight is 276 g/mol. The maximum atomic E-state index is 10.7. The number of hydrogen-bond donors (Lipinski definition) is 1. The summed E-state index contributed by atoms with van der Waals surface area (Å²) in [6.07, 6.45) is 3.84. The first-order valence-corrected chi connectivity index (χ1v) is 7.49. The van der Waals surface area contributed by atoms with E-state index < -0.39 is 0 Å². The summed E-state index contributed by atoms with van der Waals surface area (Å²) in [6, 6.07) is 7.65. The predicted molar refractivity (Wildman–Crippen MR) is 80.6 cm³/mol. The Kier molecular flexibility index (Phi) is 4.76. The summed E-state index contributed by atoms with van der Waals surface area (Å²) in [6.45, 7) is 6.78. The molecule has 20 heavy (non-hydrogen) atoms. The lowest BCUT2D eigenvalue weighted by atomic mass is 9.77. The molecule has 1 saturated carbocycles. The van der Waals surface area contributed by atoms with Crippen LogP contribution >= 0.6 is 0 Å². The van der Waals surface area contributed by atoms with Crippen LogP contribution in [0, 0.1) is 22.0 Å². The van der Waals surface area contributed by atoms with E-state index >= 15 is 0 Å². The van der Waals surface area contributed by atoms with Crippen LogP contribution in [-0.4, -0.2) is 11.0 Å². The van der Waals surface area contributed by atoms with Crippen molar-refractivity contribution in [3.05, 3.63) is 39.9 Å². The molecule has 4 atom stereocenters. The number of nitro groups is 1. The first kappa shape index (κ1) is 15.0. The van der Waals surface area contributed by atoms with Crippen molar-refractivity contribution >= 4 is 5.69 Å². The second kappa shape index (κ2) is 6.35. The Morgan fingerprint density at radius 2 is 1.90 bits per heavy atom. The molecule has 1 aromatic carbocycles. The van der Waals surface area contributed by atoms with E-state index in [4.69, 9.17) is 0 Å². The van der Waals surface area contributed by atoms with Gasteiger partial charge in [-0.2, -0.15) is 0 Å². The highest BCUT2D eigenvalue weighted by atomic mass is 16.6. The van der Waals surface area contributed by atoms with Crippen LogP contribution in [0.15, 0.2) is 24.3 Å². The molecule has 4 heteroatoms. The minimum absolute atomic E-state index is 0.153. The number of hydrogen-bond acceptors (Lipinski definition) is 3. The fourth-order valence-corrected chi connectivity index (χ4v) is 3.12. The van der Waals surface area contributed by atoms with Gasteiger partial charge < -0.3 is 5.32 Å². The zero-order chi connectivity index (χ0) is 14.7. The quantitative estimate of drug-likeness (QED) is 0.666. The second-order valence-electron chi connectivity index (χ2n) is 6.11. The van der Waals surface area contributed by atoms with E-state index in [1.54, 1.807) is 12.1 Å². The van der Waals surface area contributed by atoms with Gasteiger partial charge in [0.2, 0.25) is 0 Å². The predicted octanol–water partition coefficient (Wildman–Crippen LogP) is 4.07. The molecule has 0 amide bonds. The van der Waals surface area contributed by atoms with Gasteiger partial charge in [-0.15, -0.1) is 0 Å². The van der Waals surface area contributed by atoms with Gasteiger partial charge in [0.1, 0.15) is 0 Å². The summed E-state index contributed by atoms with van der Waals surface area (Å²) in [5.74, 6) is 1.45. The monoisotopic (exact) mass is 276 g/mol. The second-order valence-corrected chi connectivity index (χ2v) is 6.11. The standard InChI is InChI=1S/C16H24N2O2/c1-11-5-4-6-16(12(11)2)17-13(3)14-7-9-15(10-8-14)18(19)20/h7-13,16-17H,4-6H2,1-3H3. The zero-order valence-electron chi connectivity index (χ0n) is 12.5. The normalized spacial score (nSPS) is 28.1. The highest BCUT2D eigenvalue weighted by molar-refractivity contribution is 5.34. The van der Waals surface area contributed by atoms with Crippen molar-refractivity contribution in [3.8, 4) is 0 Å². The van der Waals surface area contributed by atoms with E-state index in [2.05, 4.69) is 26.1 Å². The summed E-state index contributed by atoms with van der Waals surface area (Å²) in [7, 11) is 0. The first-order chi connectivity index (χ1) is 9.49. The fourth-order valence-electron chi connectivity index (χ4n) is 3.12. The molecule has 0 radical (unpaired) electrons. The van der Waals surface area contributed by atoms with Gasteiger partial charge in [0.15, 0.2) is 0 Å². The van der Waals surface area contributed by atoms with Gasteiger partial charge in [0.25, 0.3) is 5.69 Å². The van der Waals surface area contributed by atoms with Crippen LogP contribution < -0.4 is 5.32 Å². The third-order valence-corrected chi connectivity index (χ3v) is 4.77. The van der Waals surface area contributed by atoms with Crippen LogP contribution in [0.4, 0.5) is 5.69 Å². The topological polar surface area (TPSA) is 55.2 Å². The van der Waals surface area contributed by atoms with E-state index in [0.717, 1.165) is 11.5 Å². The molecule has 1 N–H and O–H groups in total. The van der Waals surface area contributed by atoms with E-state index in [1.165, 1.54) is 19.3 Å². The van der Waals surface area contributed by atoms with Crippen LogP contribution in [0.2, 0.25) is 0 Å². The minimum atomic E-state index is -0.354. The molecule has 0 aromatic heterocycles. The van der Waals surface area contributed by atoms with E-state index in [0.29, 0.717) is 12.0 Å². The fraction of sp³-hybridized carbons (Fsp3) is 0.625. The maximum Gasteiger partial charge on any atom is 0.269 e. The number of nitrogens with zero attached hydrogens (tertiary/aromatic N) is 1. The number of benzene rings is 1. The molecule has 1 fully saturated rings. The Balaban J connectivity index is 2.00. The molecule has 2 rings (SSSR count). The summed E-state index contributed by atoms with van der Waals surface area (Å²) in [5.41, 5.74) is 1.27. The highest BCUT2D eigenvalue weighted by Crippen LogP contribution is 2.31. The van der Waals surface area contributed by atoms with Gasteiger partial charge in [-0.3, -0.25) is 10.1 Å². The van der Waals surface area contributed by atoms with Crippen molar-refractivity contribution < 1.29 is 4.92 Å². The van der Waals surface area contributed by atoms with Crippen molar-refractivity contribution in [1.82, 2.24) is 5.32 Å². The van der Waals surface area contributed by atoms with Gasteiger partial charge in [-0.25, -0.2) is 0 Å². The molecule has 0 saturated heterocycles. The largest absolute Gasteiger partial charge is 0.307 e. The van der Waals surface area contributed by atoms with Crippen molar-refractivity contribution in [2.75, 3.05) is 0 Å². The van der Waals surface area contributed by atoms with E-state index in [9.17, 15) is 10.1 Å². The lowest BCUT2D eigenvalue weighted by Crippen LogP contribution is -2.41. The van der Waals surface area contributed by atoms with Crippen molar-refractivity contribution in [3.63, 3.8) is 0 Å². The molecule has 1 aliphatic rings. The molecule has 0 heterocycles. The Bertz CT molecular complexity index is 458. The van der Waals surface area contributed by atoms with Crippen LogP contribution in [0.25, 0.3) is 0 Å². The number of rotatable bonds is 4. The summed E-state index contributed by atoms with van der Waals surface area (Å²) in [4.78, 5) is 10.3. The molecular formula is C16H24N2O2. The van der Waals surface area contributed by atoms with Gasteiger partial charge in [-0.1, -0.05) is 38.8 Å². The van der Waals surface area contributed by atoms with Crippen LogP contribution in [0.3, 0.4) is 0 Å². The first-order valence-electron chi connectivity index (χ1n) is 7.49. The van der Waals surface area contributed by atoms with Crippen molar-refractivity contribution in [1.29, 1.82) is 0 Å². The SMILES string of the molecule is CC(NC1CCCC(C)C1C)c1ccc([N+](=O)[O-])cc1. The average Bonchev–Trinajstić information content (AvgIpc) is 2.44. The Morgan fingerprint density at radius 3 is 2.50 bits per heavy atom. The third-order valence-electron chi connectivity index (χ3n) is 4.77. The van der Waals surface area contributed by atoms with Gasteiger partial charge in [0, 0.05) is 24.2 Å². The van der Waals surface area contributed by atoms with E-state index in [1.807, 2.05) is 12.1 Å². The molecule has 1 aliphatic carbocycles. The Labute approximate surface area is 120 Å². The van der Waals surface area contributed by atoms with Crippen molar-refractivity contribution in [2.24, 2.45) is 11.8 Å². The van der Waals surface area contributed by atoms with Gasteiger partial charge >= 0.3 is 0 Å². The number of nitrogens with one attached hydrogen (secondary N) is 1. The van der Waals surface area contributed by atoms with Crippen molar-refractivity contribution in [2.45, 2.75) is 52.1 Å². The van der Waals surface area contributed by atoms with Crippen LogP contribution in [0.1, 0.15) is 51.6 Å². The Morgan fingerprint density at radius 1 is 1.25 bits per heavy atom. The molecule has 4 unspecified atom stereocenters. The maximum absolute atomic E-state index is 10.7. The molecule has 0 spiro atoms. The number of nitro benzene ring substituents is 1. The molecule has 0 bridgehead atoms. The van der Waals surface area contributed by atoms with Gasteiger partial charge in [0.05, 0.1) is 4.92 Å². The van der Waals surface area contributed by atoms with Gasteiger partial charge in [-0.05, 0) is 30.7 Å². The van der Waals surface area contributed by atoms with E-state index in [-0.39, 0.29) is 16.7 Å². The molecular weight excluding hydrogens is 252 g/mol. The molecule has 1 aromatic rings. The van der Waals surface area contributed by atoms with Crippen LogP contribution in [0.5, 0.6) is 0 Å². The lowest BCUT2D eigenvalue weighted by molar-refractivity contribution is -0.384. The molecule has 110 valence electrons. The van der Waals surface area contributed by atoms with Crippen LogP contribution in [-0.2, 0) is 0 Å². The summed E-state index contributed by atoms with van der Waals surface area (Å²) < 4.78 is 0. The third kappa shape index (κ3) is 3.37. The number of non-ortho nitro benzene ring substituents is 1. The zero-order valence-corrected chi connectivity index (χ0v) is 12.5. The Hall–Kier alpha value is -1.42. The molecule has 4 nitrogen and oxygen atoms in total. The summed E-state index contributed by atoms with van der Waals surface area (Å²) in [5, 5.41) is 14.4.